The number of aromatic amines is 1. The first-order valence-corrected chi connectivity index (χ1v) is 10.5. The van der Waals surface area contributed by atoms with Crippen LogP contribution in [0.1, 0.15) is 27.0 Å². The first-order chi connectivity index (χ1) is 16.2. The second kappa shape index (κ2) is 9.49. The maximum absolute atomic E-state index is 13.0. The first-order valence-electron chi connectivity index (χ1n) is 10.5. The van der Waals surface area contributed by atoms with E-state index in [0.717, 1.165) is 5.56 Å². The summed E-state index contributed by atoms with van der Waals surface area (Å²) in [7, 11) is 0. The van der Waals surface area contributed by atoms with Crippen molar-refractivity contribution < 1.29 is 18.0 Å². The maximum atomic E-state index is 13.0. The third-order valence-corrected chi connectivity index (χ3v) is 5.37. The molecule has 0 radical (unpaired) electrons. The standard InChI is InChI=1S/C22H22F3N7O2/c1-14-11-27-21(28-12-14)32-7-5-31(6-8-32)20(34)16-4-2-3-15(9-16)13-26-18-10-17(22(23,24)25)19(33)30-29-18/h2-4,9-12H,5-8,13H2,1H3,(H,26,29)(H,30,33). The molecule has 9 nitrogen and oxygen atoms in total. The van der Waals surface area contributed by atoms with E-state index in [2.05, 4.69) is 20.4 Å². The molecule has 1 amide bonds. The molecule has 0 atom stereocenters. The Bertz CT molecular complexity index is 1220. The van der Waals surface area contributed by atoms with Gasteiger partial charge in [0, 0.05) is 56.7 Å². The number of halogens is 3. The van der Waals surface area contributed by atoms with Gasteiger partial charge in [-0.25, -0.2) is 15.1 Å². The van der Waals surface area contributed by atoms with Crippen LogP contribution in [0.3, 0.4) is 0 Å². The molecule has 2 aromatic heterocycles. The molecule has 0 bridgehead atoms. The molecule has 1 aliphatic rings. The van der Waals surface area contributed by atoms with Crippen LogP contribution in [0.4, 0.5) is 24.9 Å². The summed E-state index contributed by atoms with van der Waals surface area (Å²) in [5.41, 5.74) is -0.503. The lowest BCUT2D eigenvalue weighted by atomic mass is 10.1. The topological polar surface area (TPSA) is 107 Å². The summed E-state index contributed by atoms with van der Waals surface area (Å²) in [6.45, 7) is 4.28. The zero-order valence-electron chi connectivity index (χ0n) is 18.3. The van der Waals surface area contributed by atoms with Crippen LogP contribution in [0.25, 0.3) is 0 Å². The Morgan fingerprint density at radius 1 is 1.12 bits per heavy atom. The van der Waals surface area contributed by atoms with Gasteiger partial charge >= 0.3 is 6.18 Å². The fraction of sp³-hybridized carbons (Fsp3) is 0.318. The third-order valence-electron chi connectivity index (χ3n) is 5.37. The van der Waals surface area contributed by atoms with Gasteiger partial charge in [0.25, 0.3) is 11.5 Å². The van der Waals surface area contributed by atoms with Crippen LogP contribution in [-0.2, 0) is 12.7 Å². The lowest BCUT2D eigenvalue weighted by molar-refractivity contribution is -0.138. The van der Waals surface area contributed by atoms with Crippen LogP contribution in [0.5, 0.6) is 0 Å². The van der Waals surface area contributed by atoms with E-state index in [0.29, 0.717) is 49.3 Å². The SMILES string of the molecule is Cc1cnc(N2CCN(C(=O)c3cccc(CNc4cc(C(F)(F)F)c(=O)[nH]n4)c3)CC2)nc1. The molecule has 3 aromatic rings. The van der Waals surface area contributed by atoms with Gasteiger partial charge in [0.15, 0.2) is 0 Å². The van der Waals surface area contributed by atoms with Crippen LogP contribution in [0.2, 0.25) is 0 Å². The highest BCUT2D eigenvalue weighted by atomic mass is 19.4. The zero-order valence-corrected chi connectivity index (χ0v) is 18.3. The molecule has 1 saturated heterocycles. The largest absolute Gasteiger partial charge is 0.421 e. The second-order valence-electron chi connectivity index (χ2n) is 7.89. The first kappa shape index (κ1) is 23.2. The van der Waals surface area contributed by atoms with Gasteiger partial charge in [0.1, 0.15) is 11.4 Å². The third kappa shape index (κ3) is 5.33. The lowest BCUT2D eigenvalue weighted by Gasteiger charge is -2.34. The van der Waals surface area contributed by atoms with E-state index in [9.17, 15) is 22.8 Å². The fourth-order valence-electron chi connectivity index (χ4n) is 3.56. The van der Waals surface area contributed by atoms with Crippen LogP contribution in [-0.4, -0.2) is 57.2 Å². The molecule has 178 valence electrons. The number of H-pyrrole nitrogens is 1. The average Bonchev–Trinajstić information content (AvgIpc) is 2.83. The number of amides is 1. The molecule has 1 aromatic carbocycles. The molecular formula is C22H22F3N7O2. The summed E-state index contributed by atoms with van der Waals surface area (Å²) in [6.07, 6.45) is -1.27. The van der Waals surface area contributed by atoms with Crippen molar-refractivity contribution >= 4 is 17.7 Å². The molecule has 0 saturated carbocycles. The number of piperazine rings is 1. The van der Waals surface area contributed by atoms with Crippen molar-refractivity contribution in [2.24, 2.45) is 0 Å². The highest BCUT2D eigenvalue weighted by Crippen LogP contribution is 2.27. The van der Waals surface area contributed by atoms with Crippen molar-refractivity contribution in [1.82, 2.24) is 25.1 Å². The summed E-state index contributed by atoms with van der Waals surface area (Å²) in [4.78, 5) is 36.8. The predicted molar refractivity (Wildman–Crippen MR) is 119 cm³/mol. The molecule has 1 fully saturated rings. The Hall–Kier alpha value is -3.96. The minimum Gasteiger partial charge on any atom is -0.365 e. The number of alkyl halides is 3. The van der Waals surface area contributed by atoms with Crippen LogP contribution < -0.4 is 15.8 Å². The van der Waals surface area contributed by atoms with E-state index in [1.807, 2.05) is 16.9 Å². The number of hydrogen-bond acceptors (Lipinski definition) is 7. The lowest BCUT2D eigenvalue weighted by Crippen LogP contribution is -2.49. The number of benzene rings is 1. The summed E-state index contributed by atoms with van der Waals surface area (Å²) < 4.78 is 38.8. The summed E-state index contributed by atoms with van der Waals surface area (Å²) >= 11 is 0. The summed E-state index contributed by atoms with van der Waals surface area (Å²) in [6, 6.07) is 7.49. The highest BCUT2D eigenvalue weighted by Gasteiger charge is 2.34. The normalized spacial score (nSPS) is 14.2. The van der Waals surface area contributed by atoms with Gasteiger partial charge < -0.3 is 15.1 Å². The van der Waals surface area contributed by atoms with Crippen molar-refractivity contribution in [2.45, 2.75) is 19.6 Å². The number of rotatable bonds is 5. The Labute approximate surface area is 192 Å². The van der Waals surface area contributed by atoms with Crippen LogP contribution in [0, 0.1) is 6.92 Å². The Morgan fingerprint density at radius 3 is 2.50 bits per heavy atom. The van der Waals surface area contributed by atoms with E-state index >= 15 is 0 Å². The van der Waals surface area contributed by atoms with Crippen molar-refractivity contribution in [3.05, 3.63) is 75.3 Å². The van der Waals surface area contributed by atoms with Gasteiger partial charge in [-0.1, -0.05) is 12.1 Å². The molecular weight excluding hydrogens is 451 g/mol. The quantitative estimate of drug-likeness (QED) is 0.586. The van der Waals surface area contributed by atoms with E-state index in [1.54, 1.807) is 41.6 Å². The van der Waals surface area contributed by atoms with Gasteiger partial charge in [-0.05, 0) is 30.2 Å². The van der Waals surface area contributed by atoms with Crippen molar-refractivity contribution in [3.8, 4) is 0 Å². The number of aromatic nitrogens is 4. The van der Waals surface area contributed by atoms with Crippen LogP contribution in [0.15, 0.2) is 47.5 Å². The molecule has 12 heteroatoms. The molecule has 1 aliphatic heterocycles. The van der Waals surface area contributed by atoms with Gasteiger partial charge in [0.05, 0.1) is 0 Å². The predicted octanol–water partition coefficient (Wildman–Crippen LogP) is 2.46. The van der Waals surface area contributed by atoms with E-state index in [-0.39, 0.29) is 18.3 Å². The number of carbonyl (C=O) groups excluding carboxylic acids is 1. The molecule has 0 spiro atoms. The zero-order chi connectivity index (χ0) is 24.3. The number of anilines is 2. The number of hydrogen-bond donors (Lipinski definition) is 2. The minimum atomic E-state index is -4.78. The molecule has 3 heterocycles. The van der Waals surface area contributed by atoms with E-state index in [1.165, 1.54) is 0 Å². The Balaban J connectivity index is 1.37. The Kier molecular flexibility index (Phi) is 6.48. The molecule has 0 aliphatic carbocycles. The van der Waals surface area contributed by atoms with Crippen molar-refractivity contribution in [2.75, 3.05) is 36.4 Å². The second-order valence-corrected chi connectivity index (χ2v) is 7.89. The van der Waals surface area contributed by atoms with Crippen molar-refractivity contribution in [1.29, 1.82) is 0 Å². The summed E-state index contributed by atoms with van der Waals surface area (Å²) in [5.74, 6) is 0.376. The number of carbonyl (C=O) groups is 1. The smallest absolute Gasteiger partial charge is 0.365 e. The van der Waals surface area contributed by atoms with E-state index in [4.69, 9.17) is 0 Å². The van der Waals surface area contributed by atoms with Gasteiger partial charge in [0.2, 0.25) is 5.95 Å². The number of nitrogens with one attached hydrogen (secondary N) is 2. The molecule has 34 heavy (non-hydrogen) atoms. The van der Waals surface area contributed by atoms with Gasteiger partial charge in [-0.2, -0.15) is 18.3 Å². The summed E-state index contributed by atoms with van der Waals surface area (Å²) in [5, 5.41) is 8.18. The molecule has 0 unspecified atom stereocenters. The van der Waals surface area contributed by atoms with Gasteiger partial charge in [-0.3, -0.25) is 9.59 Å². The fourth-order valence-corrected chi connectivity index (χ4v) is 3.56. The average molecular weight is 473 g/mol. The highest BCUT2D eigenvalue weighted by molar-refractivity contribution is 5.94. The Morgan fingerprint density at radius 2 is 1.82 bits per heavy atom. The van der Waals surface area contributed by atoms with Gasteiger partial charge in [-0.15, -0.1) is 0 Å². The van der Waals surface area contributed by atoms with Crippen molar-refractivity contribution in [3.63, 3.8) is 0 Å². The molecule has 4 rings (SSSR count). The molecule has 2 N–H and O–H groups in total. The maximum Gasteiger partial charge on any atom is 0.421 e. The monoisotopic (exact) mass is 473 g/mol. The number of nitrogens with zero attached hydrogens (tertiary/aromatic N) is 5. The van der Waals surface area contributed by atoms with E-state index < -0.39 is 17.3 Å². The minimum absolute atomic E-state index is 0.121. The van der Waals surface area contributed by atoms with Crippen LogP contribution >= 0.6 is 0 Å². The number of aryl methyl sites for hydroxylation is 1.